The Morgan fingerprint density at radius 2 is 1.94 bits per heavy atom. The summed E-state index contributed by atoms with van der Waals surface area (Å²) in [5, 5.41) is 9.05. The molecule has 4 rings (SSSR count). The van der Waals surface area contributed by atoms with E-state index in [1.54, 1.807) is 30.9 Å². The van der Waals surface area contributed by atoms with E-state index in [1.807, 2.05) is 0 Å². The molecule has 1 aliphatic carbocycles. The highest BCUT2D eigenvalue weighted by Gasteiger charge is 2.50. The van der Waals surface area contributed by atoms with Crippen molar-refractivity contribution in [1.29, 1.82) is 5.26 Å². The van der Waals surface area contributed by atoms with Crippen LogP contribution < -0.4 is 14.5 Å². The number of pyridine rings is 1. The van der Waals surface area contributed by atoms with Gasteiger partial charge in [-0.05, 0) is 69.1 Å². The molecule has 1 amide bonds. The summed E-state index contributed by atoms with van der Waals surface area (Å²) < 4.78 is 45.9. The third kappa shape index (κ3) is 3.88. The van der Waals surface area contributed by atoms with E-state index in [0.717, 1.165) is 29.9 Å². The van der Waals surface area contributed by atoms with Crippen molar-refractivity contribution in [3.8, 4) is 11.9 Å². The molecule has 10 heteroatoms. The Balaban J connectivity index is 1.66. The van der Waals surface area contributed by atoms with Crippen LogP contribution in [-0.4, -0.2) is 28.1 Å². The number of benzene rings is 1. The predicted molar refractivity (Wildman–Crippen MR) is 115 cm³/mol. The smallest absolute Gasteiger partial charge is 0.417 e. The molecule has 2 heterocycles. The molecule has 0 spiro atoms. The van der Waals surface area contributed by atoms with Gasteiger partial charge in [0.1, 0.15) is 5.54 Å². The number of carbonyl (C=O) groups excluding carboxylic acids is 1. The van der Waals surface area contributed by atoms with E-state index in [2.05, 4.69) is 4.98 Å². The number of nitrogens with zero attached hydrogens (tertiary/aromatic N) is 4. The predicted octanol–water partition coefficient (Wildman–Crippen LogP) is 4.68. The second-order valence-electron chi connectivity index (χ2n) is 8.27. The highest BCUT2D eigenvalue weighted by Crippen LogP contribution is 2.39. The van der Waals surface area contributed by atoms with E-state index < -0.39 is 28.7 Å². The van der Waals surface area contributed by atoms with Gasteiger partial charge in [-0.1, -0.05) is 0 Å². The fourth-order valence-electron chi connectivity index (χ4n) is 3.54. The van der Waals surface area contributed by atoms with Crippen LogP contribution in [0.25, 0.3) is 0 Å². The Kier molecular flexibility index (Phi) is 5.33. The highest BCUT2D eigenvalue weighted by atomic mass is 32.1. The minimum atomic E-state index is -4.75. The van der Waals surface area contributed by atoms with Crippen molar-refractivity contribution >= 4 is 34.6 Å². The number of amides is 1. The molecule has 0 unspecified atom stereocenters. The van der Waals surface area contributed by atoms with Gasteiger partial charge in [0.25, 0.3) is 5.91 Å². The van der Waals surface area contributed by atoms with Crippen LogP contribution in [0, 0.1) is 17.2 Å². The van der Waals surface area contributed by atoms with Crippen molar-refractivity contribution in [3.05, 3.63) is 47.7 Å². The summed E-state index contributed by atoms with van der Waals surface area (Å²) in [6.45, 7) is 3.87. The number of rotatable bonds is 5. The van der Waals surface area contributed by atoms with Gasteiger partial charge in [0, 0.05) is 6.07 Å². The van der Waals surface area contributed by atoms with Crippen LogP contribution >= 0.6 is 12.2 Å². The Bertz CT molecular complexity index is 1120. The van der Waals surface area contributed by atoms with Crippen LogP contribution in [0.15, 0.2) is 36.5 Å². The maximum absolute atomic E-state index is 13.4. The van der Waals surface area contributed by atoms with Gasteiger partial charge < -0.3 is 9.64 Å². The van der Waals surface area contributed by atoms with Gasteiger partial charge in [-0.3, -0.25) is 9.69 Å². The van der Waals surface area contributed by atoms with Gasteiger partial charge in [0.15, 0.2) is 5.11 Å². The molecule has 0 bridgehead atoms. The lowest BCUT2D eigenvalue weighted by Gasteiger charge is -2.29. The van der Waals surface area contributed by atoms with Crippen LogP contribution in [0.3, 0.4) is 0 Å². The molecule has 0 atom stereocenters. The minimum Gasteiger partial charge on any atom is -0.477 e. The average Bonchev–Trinajstić information content (AvgIpc) is 3.54. The Labute approximate surface area is 188 Å². The summed E-state index contributed by atoms with van der Waals surface area (Å²) in [5.74, 6) is 0.532. The van der Waals surface area contributed by atoms with Gasteiger partial charge >= 0.3 is 6.18 Å². The fourth-order valence-corrected chi connectivity index (χ4v) is 4.06. The van der Waals surface area contributed by atoms with Gasteiger partial charge in [0.05, 0.1) is 41.4 Å². The molecule has 2 fully saturated rings. The van der Waals surface area contributed by atoms with Crippen molar-refractivity contribution < 1.29 is 22.7 Å². The average molecular weight is 460 g/mol. The maximum Gasteiger partial charge on any atom is 0.417 e. The molecular formula is C22H19F3N4O2S. The van der Waals surface area contributed by atoms with Gasteiger partial charge in [0.2, 0.25) is 5.88 Å². The largest absolute Gasteiger partial charge is 0.477 e. The van der Waals surface area contributed by atoms with Crippen LogP contribution in [0.5, 0.6) is 5.88 Å². The molecule has 2 aromatic rings. The van der Waals surface area contributed by atoms with E-state index >= 15 is 0 Å². The first-order chi connectivity index (χ1) is 15.0. The second kappa shape index (κ2) is 7.74. The molecule has 0 N–H and O–H groups in total. The monoisotopic (exact) mass is 460 g/mol. The van der Waals surface area contributed by atoms with Crippen molar-refractivity contribution in [1.82, 2.24) is 4.98 Å². The van der Waals surface area contributed by atoms with E-state index in [-0.39, 0.29) is 10.8 Å². The normalized spacial score (nSPS) is 18.1. The quantitative estimate of drug-likeness (QED) is 0.604. The van der Waals surface area contributed by atoms with E-state index in [0.29, 0.717) is 24.1 Å². The van der Waals surface area contributed by atoms with Crippen LogP contribution in [0.1, 0.15) is 37.8 Å². The number of ether oxygens (including phenoxy) is 1. The van der Waals surface area contributed by atoms with Gasteiger partial charge in [-0.25, -0.2) is 4.98 Å². The standard InChI is InChI=1S/C22H19F3N4O2S/c1-21(2)19(30)28(15-6-5-14(10-26)17(9-15)22(23,24)25)20(32)29(21)16-7-8-18(27-11-16)31-12-13-3-4-13/h5-9,11,13H,3-4,12H2,1-2H3. The first-order valence-electron chi connectivity index (χ1n) is 9.93. The third-order valence-corrected chi connectivity index (χ3v) is 5.86. The highest BCUT2D eigenvalue weighted by molar-refractivity contribution is 7.81. The van der Waals surface area contributed by atoms with E-state index in [1.165, 1.54) is 18.3 Å². The number of nitriles is 1. The molecule has 1 aliphatic heterocycles. The summed E-state index contributed by atoms with van der Waals surface area (Å²) in [5.41, 5.74) is -2.36. The zero-order chi connectivity index (χ0) is 23.3. The number of aromatic nitrogens is 1. The van der Waals surface area contributed by atoms with E-state index in [4.69, 9.17) is 22.2 Å². The zero-order valence-electron chi connectivity index (χ0n) is 17.3. The third-order valence-electron chi connectivity index (χ3n) is 5.50. The van der Waals surface area contributed by atoms with Gasteiger partial charge in [-0.15, -0.1) is 0 Å². The van der Waals surface area contributed by atoms with Gasteiger partial charge in [-0.2, -0.15) is 18.4 Å². The molecule has 2 aliphatic rings. The molecule has 6 nitrogen and oxygen atoms in total. The summed E-state index contributed by atoms with van der Waals surface area (Å²) in [6, 6.07) is 8.01. The molecule has 0 radical (unpaired) electrons. The summed E-state index contributed by atoms with van der Waals surface area (Å²) in [6.07, 6.45) is -0.927. The molecule has 1 aromatic carbocycles. The number of carbonyl (C=O) groups is 1. The summed E-state index contributed by atoms with van der Waals surface area (Å²) in [7, 11) is 0. The maximum atomic E-state index is 13.4. The molecule has 1 aromatic heterocycles. The number of alkyl halides is 3. The van der Waals surface area contributed by atoms with Crippen molar-refractivity contribution in [2.24, 2.45) is 5.92 Å². The number of thiocarbonyl (C=S) groups is 1. The van der Waals surface area contributed by atoms with Crippen molar-refractivity contribution in [3.63, 3.8) is 0 Å². The lowest BCUT2D eigenvalue weighted by molar-refractivity contribution is -0.137. The number of halogens is 3. The van der Waals surface area contributed by atoms with Crippen molar-refractivity contribution in [2.75, 3.05) is 16.4 Å². The van der Waals surface area contributed by atoms with Crippen LogP contribution in [0.2, 0.25) is 0 Å². The molecular weight excluding hydrogens is 441 g/mol. The SMILES string of the molecule is CC1(C)C(=O)N(c2ccc(C#N)c(C(F)(F)F)c2)C(=S)N1c1ccc(OCC2CC2)nc1. The Morgan fingerprint density at radius 1 is 1.25 bits per heavy atom. The number of hydrogen-bond donors (Lipinski definition) is 0. The molecule has 32 heavy (non-hydrogen) atoms. The second-order valence-corrected chi connectivity index (χ2v) is 8.63. The Morgan fingerprint density at radius 3 is 2.50 bits per heavy atom. The first kappa shape index (κ1) is 22.0. The topological polar surface area (TPSA) is 69.5 Å². The van der Waals surface area contributed by atoms with Crippen molar-refractivity contribution in [2.45, 2.75) is 38.4 Å². The molecule has 1 saturated heterocycles. The molecule has 1 saturated carbocycles. The zero-order valence-corrected chi connectivity index (χ0v) is 18.1. The van der Waals surface area contributed by atoms with Crippen LogP contribution in [-0.2, 0) is 11.0 Å². The summed E-state index contributed by atoms with van der Waals surface area (Å²) >= 11 is 5.50. The lowest BCUT2D eigenvalue weighted by Crippen LogP contribution is -2.44. The summed E-state index contributed by atoms with van der Waals surface area (Å²) in [4.78, 5) is 20.1. The number of anilines is 2. The van der Waals surface area contributed by atoms with Crippen LogP contribution in [0.4, 0.5) is 24.5 Å². The first-order valence-corrected chi connectivity index (χ1v) is 10.3. The minimum absolute atomic E-state index is 0.0197. The molecule has 166 valence electrons. The lowest BCUT2D eigenvalue weighted by atomic mass is 10.0. The number of hydrogen-bond acceptors (Lipinski definition) is 5. The fraction of sp³-hybridized carbons (Fsp3) is 0.364. The Hall–Kier alpha value is -3.19. The van der Waals surface area contributed by atoms with E-state index in [9.17, 15) is 18.0 Å².